The van der Waals surface area contributed by atoms with Crippen LogP contribution >= 0.6 is 0 Å². The molecule has 28 heavy (non-hydrogen) atoms. The average molecular weight is 386 g/mol. The largest absolute Gasteiger partial charge is 0.491 e. The van der Waals surface area contributed by atoms with Crippen LogP contribution in [0.5, 0.6) is 11.5 Å². The summed E-state index contributed by atoms with van der Waals surface area (Å²) < 4.78 is 16.8. The molecule has 0 spiro atoms. The molecule has 8 nitrogen and oxygen atoms in total. The van der Waals surface area contributed by atoms with Gasteiger partial charge in [0, 0.05) is 30.5 Å². The normalized spacial score (nSPS) is 17.0. The molecule has 0 aliphatic carbocycles. The second kappa shape index (κ2) is 9.18. The Morgan fingerprint density at radius 2 is 2.07 bits per heavy atom. The van der Waals surface area contributed by atoms with Gasteiger partial charge in [0.25, 0.3) is 11.6 Å². The lowest BCUT2D eigenvalue weighted by atomic mass is 10.2. The zero-order valence-corrected chi connectivity index (χ0v) is 15.5. The molecule has 2 atom stereocenters. The van der Waals surface area contributed by atoms with Gasteiger partial charge in [0.15, 0.2) is 6.10 Å². The lowest BCUT2D eigenvalue weighted by molar-refractivity contribution is -0.384. The van der Waals surface area contributed by atoms with Crippen LogP contribution in [0.25, 0.3) is 0 Å². The molecule has 2 unspecified atom stereocenters. The fourth-order valence-electron chi connectivity index (χ4n) is 2.78. The van der Waals surface area contributed by atoms with E-state index in [-0.39, 0.29) is 17.7 Å². The third kappa shape index (κ3) is 5.43. The zero-order chi connectivity index (χ0) is 19.9. The van der Waals surface area contributed by atoms with Crippen LogP contribution in [0.4, 0.5) is 11.4 Å². The third-order valence-corrected chi connectivity index (χ3v) is 4.29. The molecule has 0 bridgehead atoms. The molecular weight excluding hydrogens is 364 g/mol. The molecule has 1 aliphatic rings. The highest BCUT2D eigenvalue weighted by Crippen LogP contribution is 2.21. The fourth-order valence-corrected chi connectivity index (χ4v) is 2.78. The number of carbonyl (C=O) groups excluding carboxylic acids is 1. The molecule has 1 N–H and O–H groups in total. The molecular formula is C20H22N2O6. The number of hydrogen-bond donors (Lipinski definition) is 1. The molecule has 8 heteroatoms. The Kier molecular flexibility index (Phi) is 6.44. The summed E-state index contributed by atoms with van der Waals surface area (Å²) in [7, 11) is 0. The quantitative estimate of drug-likeness (QED) is 0.550. The van der Waals surface area contributed by atoms with Crippen LogP contribution in [0, 0.1) is 10.1 Å². The van der Waals surface area contributed by atoms with E-state index in [1.807, 2.05) is 6.07 Å². The van der Waals surface area contributed by atoms with E-state index in [9.17, 15) is 14.9 Å². The fraction of sp³-hybridized carbons (Fsp3) is 0.350. The summed E-state index contributed by atoms with van der Waals surface area (Å²) in [6.45, 7) is 2.86. The van der Waals surface area contributed by atoms with Crippen LogP contribution in [0.15, 0.2) is 48.5 Å². The number of carbonyl (C=O) groups is 1. The number of nitro benzene ring substituents is 1. The van der Waals surface area contributed by atoms with Gasteiger partial charge < -0.3 is 19.5 Å². The van der Waals surface area contributed by atoms with Gasteiger partial charge >= 0.3 is 0 Å². The van der Waals surface area contributed by atoms with Crippen molar-refractivity contribution in [2.75, 3.05) is 18.5 Å². The van der Waals surface area contributed by atoms with Crippen molar-refractivity contribution in [1.29, 1.82) is 0 Å². The minimum atomic E-state index is -0.780. The minimum Gasteiger partial charge on any atom is -0.491 e. The number of amides is 1. The molecule has 1 fully saturated rings. The Hall–Kier alpha value is -3.13. The number of benzene rings is 2. The maximum atomic E-state index is 12.4. The summed E-state index contributed by atoms with van der Waals surface area (Å²) >= 11 is 0. The molecule has 1 amide bonds. The van der Waals surface area contributed by atoms with E-state index >= 15 is 0 Å². The lowest BCUT2D eigenvalue weighted by Gasteiger charge is -2.16. The van der Waals surface area contributed by atoms with Gasteiger partial charge in [-0.1, -0.05) is 6.07 Å². The summed E-state index contributed by atoms with van der Waals surface area (Å²) in [6, 6.07) is 12.7. The second-order valence-electron chi connectivity index (χ2n) is 6.47. The Morgan fingerprint density at radius 1 is 1.29 bits per heavy atom. The number of nitrogens with zero attached hydrogens (tertiary/aromatic N) is 1. The molecule has 148 valence electrons. The van der Waals surface area contributed by atoms with E-state index in [0.29, 0.717) is 23.8 Å². The van der Waals surface area contributed by atoms with Crippen LogP contribution in [0.2, 0.25) is 0 Å². The monoisotopic (exact) mass is 386 g/mol. The number of ether oxygens (including phenoxy) is 3. The molecule has 1 heterocycles. The number of non-ortho nitro benzene ring substituents is 1. The predicted octanol–water partition coefficient (Wildman–Crippen LogP) is 3.56. The van der Waals surface area contributed by atoms with Crippen molar-refractivity contribution in [3.05, 3.63) is 58.6 Å². The lowest BCUT2D eigenvalue weighted by Crippen LogP contribution is -2.30. The van der Waals surface area contributed by atoms with Gasteiger partial charge in [0.2, 0.25) is 0 Å². The zero-order valence-electron chi connectivity index (χ0n) is 15.5. The first kappa shape index (κ1) is 19.6. The first-order chi connectivity index (χ1) is 13.5. The van der Waals surface area contributed by atoms with E-state index in [2.05, 4.69) is 5.32 Å². The Morgan fingerprint density at radius 3 is 2.75 bits per heavy atom. The minimum absolute atomic E-state index is 0.0377. The number of hydrogen-bond acceptors (Lipinski definition) is 6. The predicted molar refractivity (Wildman–Crippen MR) is 103 cm³/mol. The average Bonchev–Trinajstić information content (AvgIpc) is 3.20. The van der Waals surface area contributed by atoms with E-state index in [1.165, 1.54) is 24.3 Å². The molecule has 0 saturated carbocycles. The van der Waals surface area contributed by atoms with Crippen molar-refractivity contribution in [2.45, 2.75) is 32.0 Å². The van der Waals surface area contributed by atoms with Crippen LogP contribution in [0.1, 0.15) is 19.8 Å². The van der Waals surface area contributed by atoms with Crippen molar-refractivity contribution in [3.8, 4) is 11.5 Å². The standard InChI is InChI=1S/C20H22N2O6/c1-14(28-17-9-7-16(8-10-17)22(24)25)20(23)21-15-4-2-5-18(12-15)27-13-19-6-3-11-26-19/h2,4-5,7-10,12,14,19H,3,6,11,13H2,1H3,(H,21,23). The number of rotatable bonds is 8. The number of nitro groups is 1. The highest BCUT2D eigenvalue weighted by atomic mass is 16.6. The maximum absolute atomic E-state index is 12.4. The third-order valence-electron chi connectivity index (χ3n) is 4.29. The van der Waals surface area contributed by atoms with Crippen molar-refractivity contribution >= 4 is 17.3 Å². The summed E-state index contributed by atoms with van der Waals surface area (Å²) in [5.41, 5.74) is 0.554. The Labute approximate surface area is 162 Å². The summed E-state index contributed by atoms with van der Waals surface area (Å²) in [4.78, 5) is 22.6. The van der Waals surface area contributed by atoms with Gasteiger partial charge in [-0.3, -0.25) is 14.9 Å². The van der Waals surface area contributed by atoms with Crippen molar-refractivity contribution < 1.29 is 23.9 Å². The summed E-state index contributed by atoms with van der Waals surface area (Å²) in [5, 5.41) is 13.5. The van der Waals surface area contributed by atoms with Crippen LogP contribution in [0.3, 0.4) is 0 Å². The topological polar surface area (TPSA) is 99.9 Å². The smallest absolute Gasteiger partial charge is 0.269 e. The number of nitrogens with one attached hydrogen (secondary N) is 1. The summed E-state index contributed by atoms with van der Waals surface area (Å²) in [6.07, 6.45) is 1.39. The first-order valence-electron chi connectivity index (χ1n) is 9.08. The molecule has 2 aromatic carbocycles. The van der Waals surface area contributed by atoms with Crippen molar-refractivity contribution in [2.24, 2.45) is 0 Å². The van der Waals surface area contributed by atoms with Gasteiger partial charge in [-0.25, -0.2) is 0 Å². The highest BCUT2D eigenvalue weighted by molar-refractivity contribution is 5.94. The SMILES string of the molecule is CC(Oc1ccc([N+](=O)[O-])cc1)C(=O)Nc1cccc(OCC2CCCO2)c1. The molecule has 2 aromatic rings. The number of anilines is 1. The molecule has 1 aliphatic heterocycles. The van der Waals surface area contributed by atoms with Crippen molar-refractivity contribution in [3.63, 3.8) is 0 Å². The van der Waals surface area contributed by atoms with Gasteiger partial charge in [-0.2, -0.15) is 0 Å². The van der Waals surface area contributed by atoms with Gasteiger partial charge in [0.05, 0.1) is 11.0 Å². The molecule has 3 rings (SSSR count). The van der Waals surface area contributed by atoms with E-state index in [0.717, 1.165) is 19.4 Å². The maximum Gasteiger partial charge on any atom is 0.269 e. The Balaban J connectivity index is 1.52. The van der Waals surface area contributed by atoms with Crippen LogP contribution < -0.4 is 14.8 Å². The van der Waals surface area contributed by atoms with Crippen LogP contribution in [-0.4, -0.2) is 36.3 Å². The van der Waals surface area contributed by atoms with Gasteiger partial charge in [-0.15, -0.1) is 0 Å². The van der Waals surface area contributed by atoms with Gasteiger partial charge in [0.1, 0.15) is 18.1 Å². The van der Waals surface area contributed by atoms with Crippen molar-refractivity contribution in [1.82, 2.24) is 0 Å². The second-order valence-corrected chi connectivity index (χ2v) is 6.47. The molecule has 0 radical (unpaired) electrons. The highest BCUT2D eigenvalue weighted by Gasteiger charge is 2.17. The van der Waals surface area contributed by atoms with Gasteiger partial charge in [-0.05, 0) is 44.0 Å². The van der Waals surface area contributed by atoms with E-state index < -0.39 is 11.0 Å². The Bertz CT molecular complexity index is 818. The van der Waals surface area contributed by atoms with E-state index in [1.54, 1.807) is 25.1 Å². The molecule has 1 saturated heterocycles. The van der Waals surface area contributed by atoms with Crippen LogP contribution in [-0.2, 0) is 9.53 Å². The summed E-state index contributed by atoms with van der Waals surface area (Å²) in [5.74, 6) is 0.689. The van der Waals surface area contributed by atoms with E-state index in [4.69, 9.17) is 14.2 Å². The molecule has 0 aromatic heterocycles. The first-order valence-corrected chi connectivity index (χ1v) is 9.08.